The molecule has 0 fully saturated rings. The van der Waals surface area contributed by atoms with Gasteiger partial charge in [-0.25, -0.2) is 14.4 Å². The minimum atomic E-state index is -0.272. The Kier molecular flexibility index (Phi) is 5.59. The number of rotatable bonds is 7. The lowest BCUT2D eigenvalue weighted by Gasteiger charge is -2.06. The summed E-state index contributed by atoms with van der Waals surface area (Å²) in [4.78, 5) is 20.1. The van der Waals surface area contributed by atoms with Crippen molar-refractivity contribution in [2.75, 3.05) is 18.4 Å². The minimum Gasteiger partial charge on any atom is -0.351 e. The SMILES string of the molecule is C=CCNc1nccc(C(=O)NCCc2ccc(F)cc2)n1. The van der Waals surface area contributed by atoms with E-state index in [4.69, 9.17) is 0 Å². The predicted molar refractivity (Wildman–Crippen MR) is 83.2 cm³/mol. The van der Waals surface area contributed by atoms with Crippen molar-refractivity contribution in [3.8, 4) is 0 Å². The highest BCUT2D eigenvalue weighted by Gasteiger charge is 2.08. The molecule has 0 aliphatic heterocycles. The second kappa shape index (κ2) is 7.87. The lowest BCUT2D eigenvalue weighted by atomic mass is 10.1. The van der Waals surface area contributed by atoms with Gasteiger partial charge >= 0.3 is 0 Å². The number of aromatic nitrogens is 2. The summed E-state index contributed by atoms with van der Waals surface area (Å²) in [6.45, 7) is 4.56. The summed E-state index contributed by atoms with van der Waals surface area (Å²) in [5.74, 6) is -0.162. The number of hydrogen-bond acceptors (Lipinski definition) is 4. The van der Waals surface area contributed by atoms with Gasteiger partial charge in [-0.1, -0.05) is 18.2 Å². The maximum absolute atomic E-state index is 12.8. The molecule has 0 atom stereocenters. The van der Waals surface area contributed by atoms with Crippen LogP contribution in [0.25, 0.3) is 0 Å². The quantitative estimate of drug-likeness (QED) is 0.769. The first-order chi connectivity index (χ1) is 10.7. The Morgan fingerprint density at radius 1 is 1.27 bits per heavy atom. The van der Waals surface area contributed by atoms with Crippen LogP contribution in [0.4, 0.5) is 10.3 Å². The van der Waals surface area contributed by atoms with Gasteiger partial charge in [-0.15, -0.1) is 6.58 Å². The lowest BCUT2D eigenvalue weighted by Crippen LogP contribution is -2.26. The van der Waals surface area contributed by atoms with Gasteiger partial charge in [0.2, 0.25) is 5.95 Å². The van der Waals surface area contributed by atoms with Crippen molar-refractivity contribution >= 4 is 11.9 Å². The molecular weight excluding hydrogens is 283 g/mol. The zero-order valence-corrected chi connectivity index (χ0v) is 12.1. The molecule has 2 aromatic rings. The van der Waals surface area contributed by atoms with E-state index in [1.165, 1.54) is 18.3 Å². The Balaban J connectivity index is 1.86. The summed E-state index contributed by atoms with van der Waals surface area (Å²) in [5.41, 5.74) is 1.25. The Bertz CT molecular complexity index is 643. The van der Waals surface area contributed by atoms with Gasteiger partial charge in [0.05, 0.1) is 0 Å². The third-order valence-corrected chi connectivity index (χ3v) is 2.91. The summed E-state index contributed by atoms with van der Waals surface area (Å²) >= 11 is 0. The number of amides is 1. The summed E-state index contributed by atoms with van der Waals surface area (Å²) < 4.78 is 12.8. The van der Waals surface area contributed by atoms with Crippen molar-refractivity contribution in [1.29, 1.82) is 0 Å². The van der Waals surface area contributed by atoms with Gasteiger partial charge < -0.3 is 10.6 Å². The van der Waals surface area contributed by atoms with E-state index in [1.807, 2.05) is 0 Å². The standard InChI is InChI=1S/C16H17FN4O/c1-2-9-19-16-20-11-8-14(21-16)15(22)18-10-7-12-3-5-13(17)6-4-12/h2-6,8,11H,1,7,9-10H2,(H,18,22)(H,19,20,21). The molecule has 0 spiro atoms. The average molecular weight is 300 g/mol. The number of anilines is 1. The van der Waals surface area contributed by atoms with Gasteiger partial charge in [-0.05, 0) is 30.2 Å². The first kappa shape index (κ1) is 15.6. The first-order valence-electron chi connectivity index (χ1n) is 6.89. The fraction of sp³-hybridized carbons (Fsp3) is 0.188. The average Bonchev–Trinajstić information content (AvgIpc) is 2.55. The number of carbonyl (C=O) groups excluding carboxylic acids is 1. The summed E-state index contributed by atoms with van der Waals surface area (Å²) in [7, 11) is 0. The maximum atomic E-state index is 12.8. The summed E-state index contributed by atoms with van der Waals surface area (Å²) in [6.07, 6.45) is 3.82. The van der Waals surface area contributed by atoms with Gasteiger partial charge in [-0.3, -0.25) is 4.79 Å². The molecule has 1 amide bonds. The molecule has 114 valence electrons. The molecule has 0 unspecified atom stereocenters. The summed E-state index contributed by atoms with van der Waals surface area (Å²) in [5, 5.41) is 5.70. The Morgan fingerprint density at radius 2 is 2.05 bits per heavy atom. The van der Waals surface area contributed by atoms with Gasteiger partial charge in [-0.2, -0.15) is 0 Å². The van der Waals surface area contributed by atoms with Crippen LogP contribution in [-0.4, -0.2) is 29.0 Å². The Hall–Kier alpha value is -2.76. The molecule has 0 radical (unpaired) electrons. The minimum absolute atomic E-state index is 0.270. The number of nitrogens with one attached hydrogen (secondary N) is 2. The molecule has 1 heterocycles. The molecule has 2 rings (SSSR count). The molecule has 0 aliphatic rings. The largest absolute Gasteiger partial charge is 0.351 e. The Morgan fingerprint density at radius 3 is 2.77 bits per heavy atom. The molecule has 6 heteroatoms. The van der Waals surface area contributed by atoms with Crippen LogP contribution in [0, 0.1) is 5.82 Å². The van der Waals surface area contributed by atoms with Crippen LogP contribution < -0.4 is 10.6 Å². The highest BCUT2D eigenvalue weighted by atomic mass is 19.1. The molecular formula is C16H17FN4O. The van der Waals surface area contributed by atoms with Crippen LogP contribution in [0.1, 0.15) is 16.1 Å². The van der Waals surface area contributed by atoms with Crippen LogP contribution in [0.15, 0.2) is 49.2 Å². The van der Waals surface area contributed by atoms with Crippen LogP contribution in [0.2, 0.25) is 0 Å². The van der Waals surface area contributed by atoms with E-state index < -0.39 is 0 Å². The zero-order chi connectivity index (χ0) is 15.8. The normalized spacial score (nSPS) is 10.0. The van der Waals surface area contributed by atoms with Crippen molar-refractivity contribution in [1.82, 2.24) is 15.3 Å². The fourth-order valence-electron chi connectivity index (χ4n) is 1.80. The molecule has 5 nitrogen and oxygen atoms in total. The molecule has 2 N–H and O–H groups in total. The molecule has 0 saturated carbocycles. The molecule has 0 aliphatic carbocycles. The van der Waals surface area contributed by atoms with Crippen LogP contribution in [0.3, 0.4) is 0 Å². The molecule has 0 saturated heterocycles. The lowest BCUT2D eigenvalue weighted by molar-refractivity contribution is 0.0949. The van der Waals surface area contributed by atoms with Crippen molar-refractivity contribution in [2.24, 2.45) is 0 Å². The molecule has 0 bridgehead atoms. The summed E-state index contributed by atoms with van der Waals surface area (Å²) in [6, 6.07) is 7.75. The topological polar surface area (TPSA) is 66.9 Å². The highest BCUT2D eigenvalue weighted by Crippen LogP contribution is 2.03. The third kappa shape index (κ3) is 4.66. The molecule has 1 aromatic carbocycles. The van der Waals surface area contributed by atoms with E-state index in [1.54, 1.807) is 24.3 Å². The highest BCUT2D eigenvalue weighted by molar-refractivity contribution is 5.92. The maximum Gasteiger partial charge on any atom is 0.270 e. The van der Waals surface area contributed by atoms with E-state index in [9.17, 15) is 9.18 Å². The predicted octanol–water partition coefficient (Wildman–Crippen LogP) is 2.19. The van der Waals surface area contributed by atoms with Gasteiger partial charge in [0.25, 0.3) is 5.91 Å². The Labute approximate surface area is 128 Å². The van der Waals surface area contributed by atoms with Crippen LogP contribution >= 0.6 is 0 Å². The number of benzene rings is 1. The van der Waals surface area contributed by atoms with E-state index in [2.05, 4.69) is 27.2 Å². The van der Waals surface area contributed by atoms with E-state index in [0.29, 0.717) is 31.2 Å². The smallest absolute Gasteiger partial charge is 0.270 e. The van der Waals surface area contributed by atoms with Crippen molar-refractivity contribution < 1.29 is 9.18 Å². The second-order valence-corrected chi connectivity index (χ2v) is 4.57. The van der Waals surface area contributed by atoms with Crippen molar-refractivity contribution in [3.05, 3.63) is 66.3 Å². The third-order valence-electron chi connectivity index (χ3n) is 2.91. The number of halogens is 1. The van der Waals surface area contributed by atoms with E-state index >= 15 is 0 Å². The van der Waals surface area contributed by atoms with Crippen molar-refractivity contribution in [3.63, 3.8) is 0 Å². The molecule has 22 heavy (non-hydrogen) atoms. The van der Waals surface area contributed by atoms with Gasteiger partial charge in [0.1, 0.15) is 11.5 Å². The first-order valence-corrected chi connectivity index (χ1v) is 6.89. The van der Waals surface area contributed by atoms with E-state index in [0.717, 1.165) is 5.56 Å². The fourth-order valence-corrected chi connectivity index (χ4v) is 1.80. The monoisotopic (exact) mass is 300 g/mol. The van der Waals surface area contributed by atoms with Gasteiger partial charge in [0, 0.05) is 19.3 Å². The van der Waals surface area contributed by atoms with E-state index in [-0.39, 0.29) is 11.7 Å². The zero-order valence-electron chi connectivity index (χ0n) is 12.1. The van der Waals surface area contributed by atoms with Crippen LogP contribution in [-0.2, 0) is 6.42 Å². The molecule has 1 aromatic heterocycles. The number of hydrogen-bond donors (Lipinski definition) is 2. The van der Waals surface area contributed by atoms with Gasteiger partial charge in [0.15, 0.2) is 0 Å². The number of nitrogens with zero attached hydrogens (tertiary/aromatic N) is 2. The second-order valence-electron chi connectivity index (χ2n) is 4.57. The number of carbonyl (C=O) groups is 1. The van der Waals surface area contributed by atoms with Crippen LogP contribution in [0.5, 0.6) is 0 Å². The van der Waals surface area contributed by atoms with Crippen molar-refractivity contribution in [2.45, 2.75) is 6.42 Å².